The number of hydrogen-bond acceptors (Lipinski definition) is 2. The summed E-state index contributed by atoms with van der Waals surface area (Å²) in [5, 5.41) is 8.96. The lowest BCUT2D eigenvalue weighted by Gasteiger charge is -2.32. The summed E-state index contributed by atoms with van der Waals surface area (Å²) in [5.41, 5.74) is 1.97. The highest BCUT2D eigenvalue weighted by Gasteiger charge is 2.29. The molecular formula is C11H15NO2. The fourth-order valence-corrected chi connectivity index (χ4v) is 1.63. The van der Waals surface area contributed by atoms with Crippen LogP contribution in [-0.2, 0) is 4.79 Å². The van der Waals surface area contributed by atoms with Gasteiger partial charge in [0.15, 0.2) is 0 Å². The molecule has 1 aliphatic heterocycles. The minimum absolute atomic E-state index is 0.438. The van der Waals surface area contributed by atoms with Crippen molar-refractivity contribution in [2.45, 2.75) is 12.5 Å². The zero-order valence-electron chi connectivity index (χ0n) is 8.36. The van der Waals surface area contributed by atoms with Gasteiger partial charge in [-0.2, -0.15) is 0 Å². The number of likely N-dealkylation sites (N-methyl/N-ethyl adjacent to an activating group) is 1. The quantitative estimate of drug-likeness (QED) is 0.721. The first-order chi connectivity index (χ1) is 6.56. The van der Waals surface area contributed by atoms with Crippen LogP contribution in [0.15, 0.2) is 36.5 Å². The van der Waals surface area contributed by atoms with Crippen LogP contribution in [0.2, 0.25) is 0 Å². The maximum atomic E-state index is 10.9. The summed E-state index contributed by atoms with van der Waals surface area (Å²) in [6.45, 7) is 8.12. The number of nitrogens with zero attached hydrogens (tertiary/aromatic N) is 1. The number of aliphatic carboxylic acids is 1. The predicted octanol–water partition coefficient (Wildman–Crippen LogP) is 1.44. The molecule has 14 heavy (non-hydrogen) atoms. The van der Waals surface area contributed by atoms with E-state index in [9.17, 15) is 4.79 Å². The molecule has 0 aliphatic carbocycles. The molecule has 0 saturated carbocycles. The van der Waals surface area contributed by atoms with Gasteiger partial charge in [-0.15, -0.1) is 0 Å². The van der Waals surface area contributed by atoms with E-state index in [0.717, 1.165) is 11.1 Å². The van der Waals surface area contributed by atoms with Crippen LogP contribution in [0.1, 0.15) is 6.42 Å². The molecule has 0 radical (unpaired) electrons. The maximum Gasteiger partial charge on any atom is 0.321 e. The molecule has 0 aromatic carbocycles. The van der Waals surface area contributed by atoms with Gasteiger partial charge in [-0.25, -0.2) is 0 Å². The molecule has 76 valence electrons. The van der Waals surface area contributed by atoms with Crippen LogP contribution in [0, 0.1) is 0 Å². The highest BCUT2D eigenvalue weighted by Crippen LogP contribution is 2.24. The highest BCUT2D eigenvalue weighted by molar-refractivity contribution is 5.74. The lowest BCUT2D eigenvalue weighted by Crippen LogP contribution is -2.43. The second-order valence-corrected chi connectivity index (χ2v) is 3.50. The molecular weight excluding hydrogens is 178 g/mol. The molecule has 1 fully saturated rings. The monoisotopic (exact) mass is 193 g/mol. The first kappa shape index (κ1) is 10.7. The van der Waals surface area contributed by atoms with Crippen LogP contribution in [0.5, 0.6) is 0 Å². The zero-order valence-corrected chi connectivity index (χ0v) is 8.36. The van der Waals surface area contributed by atoms with Crippen LogP contribution in [-0.4, -0.2) is 35.6 Å². The Labute approximate surface area is 84.0 Å². The summed E-state index contributed by atoms with van der Waals surface area (Å²) in [4.78, 5) is 12.7. The van der Waals surface area contributed by atoms with Crippen LogP contribution >= 0.6 is 0 Å². The van der Waals surface area contributed by atoms with E-state index in [1.807, 2.05) is 6.08 Å². The van der Waals surface area contributed by atoms with E-state index in [2.05, 4.69) is 13.2 Å². The molecule has 3 nitrogen and oxygen atoms in total. The molecule has 0 bridgehead atoms. The Balaban J connectivity index is 2.85. The van der Waals surface area contributed by atoms with Crippen molar-refractivity contribution in [3.8, 4) is 0 Å². The first-order valence-electron chi connectivity index (χ1n) is 4.49. The summed E-state index contributed by atoms with van der Waals surface area (Å²) < 4.78 is 0. The highest BCUT2D eigenvalue weighted by atomic mass is 16.4. The first-order valence-corrected chi connectivity index (χ1v) is 4.49. The van der Waals surface area contributed by atoms with Crippen molar-refractivity contribution in [2.75, 3.05) is 13.6 Å². The molecule has 0 aromatic heterocycles. The number of likely N-dealkylation sites (tertiary alicyclic amines) is 1. The summed E-state index contributed by atoms with van der Waals surface area (Å²) >= 11 is 0. The molecule has 1 aliphatic rings. The van der Waals surface area contributed by atoms with Gasteiger partial charge < -0.3 is 5.11 Å². The lowest BCUT2D eigenvalue weighted by atomic mass is 9.93. The molecule has 0 amide bonds. The van der Waals surface area contributed by atoms with E-state index < -0.39 is 12.0 Å². The average molecular weight is 193 g/mol. The third kappa shape index (κ3) is 2.12. The zero-order chi connectivity index (χ0) is 10.7. The Morgan fingerprint density at radius 2 is 2.36 bits per heavy atom. The summed E-state index contributed by atoms with van der Waals surface area (Å²) in [7, 11) is 1.80. The Kier molecular flexibility index (Phi) is 3.25. The largest absolute Gasteiger partial charge is 0.480 e. The second kappa shape index (κ2) is 4.24. The molecule has 1 heterocycles. The fraction of sp³-hybridized carbons (Fsp3) is 0.364. The van der Waals surface area contributed by atoms with Crippen molar-refractivity contribution in [1.29, 1.82) is 0 Å². The fourth-order valence-electron chi connectivity index (χ4n) is 1.63. The third-order valence-electron chi connectivity index (χ3n) is 2.44. The van der Waals surface area contributed by atoms with Gasteiger partial charge in [0.05, 0.1) is 0 Å². The summed E-state index contributed by atoms with van der Waals surface area (Å²) in [5.74, 6) is -0.782. The maximum absolute atomic E-state index is 10.9. The van der Waals surface area contributed by atoms with E-state index in [1.165, 1.54) is 0 Å². The third-order valence-corrected chi connectivity index (χ3v) is 2.44. The molecule has 1 rings (SSSR count). The standard InChI is InChI=1S/C11H15NO2/c1-4-5-9-6-10(11(13)14)12(3)7-8(9)2/h4-5,10H,1-2,6-7H2,3H3,(H,13,14)/b9-5-. The molecule has 1 saturated heterocycles. The van der Waals surface area contributed by atoms with Crippen LogP contribution < -0.4 is 0 Å². The van der Waals surface area contributed by atoms with Crippen molar-refractivity contribution >= 4 is 5.97 Å². The number of carbonyl (C=O) groups is 1. The predicted molar refractivity (Wildman–Crippen MR) is 56.1 cm³/mol. The summed E-state index contributed by atoms with van der Waals surface area (Å²) in [6.07, 6.45) is 4.02. The van der Waals surface area contributed by atoms with E-state index in [-0.39, 0.29) is 0 Å². The second-order valence-electron chi connectivity index (χ2n) is 3.50. The van der Waals surface area contributed by atoms with E-state index >= 15 is 0 Å². The van der Waals surface area contributed by atoms with Gasteiger partial charge in [-0.05, 0) is 24.6 Å². The number of carboxylic acid groups (broad SMARTS) is 1. The number of rotatable bonds is 2. The van der Waals surface area contributed by atoms with Crippen LogP contribution in [0.4, 0.5) is 0 Å². The van der Waals surface area contributed by atoms with Crippen LogP contribution in [0.25, 0.3) is 0 Å². The Hall–Kier alpha value is -1.35. The van der Waals surface area contributed by atoms with E-state index in [1.54, 1.807) is 18.0 Å². The lowest BCUT2D eigenvalue weighted by molar-refractivity contribution is -0.142. The topological polar surface area (TPSA) is 40.5 Å². The van der Waals surface area contributed by atoms with Gasteiger partial charge in [0, 0.05) is 6.54 Å². The van der Waals surface area contributed by atoms with Gasteiger partial charge in [-0.1, -0.05) is 25.3 Å². The van der Waals surface area contributed by atoms with Gasteiger partial charge in [0.2, 0.25) is 0 Å². The Morgan fingerprint density at radius 3 is 2.86 bits per heavy atom. The average Bonchev–Trinajstić information content (AvgIpc) is 2.09. The SMILES string of the molecule is C=C/C=C1/CC(C(=O)O)N(C)CC1=C. The molecule has 3 heteroatoms. The summed E-state index contributed by atoms with van der Waals surface area (Å²) in [6, 6.07) is -0.438. The number of hydrogen-bond donors (Lipinski definition) is 1. The van der Waals surface area contributed by atoms with Gasteiger partial charge in [0.1, 0.15) is 6.04 Å². The molecule has 1 unspecified atom stereocenters. The van der Waals surface area contributed by atoms with Gasteiger partial charge in [-0.3, -0.25) is 9.69 Å². The van der Waals surface area contributed by atoms with Crippen molar-refractivity contribution in [2.24, 2.45) is 0 Å². The van der Waals surface area contributed by atoms with E-state index in [4.69, 9.17) is 5.11 Å². The Morgan fingerprint density at radius 1 is 1.71 bits per heavy atom. The molecule has 0 spiro atoms. The number of piperidine rings is 1. The molecule has 1 atom stereocenters. The number of carboxylic acids is 1. The van der Waals surface area contributed by atoms with Crippen molar-refractivity contribution in [1.82, 2.24) is 4.90 Å². The number of allylic oxidation sites excluding steroid dienone is 2. The molecule has 0 aromatic rings. The van der Waals surface area contributed by atoms with Crippen molar-refractivity contribution in [3.63, 3.8) is 0 Å². The van der Waals surface area contributed by atoms with Crippen molar-refractivity contribution in [3.05, 3.63) is 36.5 Å². The minimum Gasteiger partial charge on any atom is -0.480 e. The molecule has 1 N–H and O–H groups in total. The van der Waals surface area contributed by atoms with Crippen molar-refractivity contribution < 1.29 is 9.90 Å². The smallest absolute Gasteiger partial charge is 0.321 e. The van der Waals surface area contributed by atoms with E-state index in [0.29, 0.717) is 13.0 Å². The van der Waals surface area contributed by atoms with Gasteiger partial charge in [0.25, 0.3) is 0 Å². The minimum atomic E-state index is -0.782. The van der Waals surface area contributed by atoms with Gasteiger partial charge >= 0.3 is 5.97 Å². The van der Waals surface area contributed by atoms with Crippen LogP contribution in [0.3, 0.4) is 0 Å². The Bertz CT molecular complexity index is 304. The normalized spacial score (nSPS) is 26.5.